The Morgan fingerprint density at radius 3 is 2.29 bits per heavy atom. The Morgan fingerprint density at radius 2 is 1.64 bits per heavy atom. The third kappa shape index (κ3) is 4.76. The molecule has 13 heteroatoms. The zero-order valence-electron chi connectivity index (χ0n) is 21.9. The molecule has 0 unspecified atom stereocenters. The first-order chi connectivity index (χ1) is 20.1. The lowest BCUT2D eigenvalue weighted by Gasteiger charge is -2.30. The molecule has 1 saturated heterocycles. The number of phenols is 1. The molecule has 3 atom stereocenters. The predicted molar refractivity (Wildman–Crippen MR) is 157 cm³/mol. The van der Waals surface area contributed by atoms with E-state index in [-0.39, 0.29) is 23.7 Å². The van der Waals surface area contributed by atoms with E-state index < -0.39 is 44.6 Å². The molecule has 0 bridgehead atoms. The second kappa shape index (κ2) is 10.6. The third-order valence-corrected chi connectivity index (χ3v) is 9.86. The molecule has 212 valence electrons. The summed E-state index contributed by atoms with van der Waals surface area (Å²) in [5.74, 6) is -3.02. The number of aromatic hydroxyl groups is 1. The Labute approximate surface area is 246 Å². The molecule has 0 saturated carbocycles. The van der Waals surface area contributed by atoms with Crippen LogP contribution in [0.5, 0.6) is 5.75 Å². The van der Waals surface area contributed by atoms with Gasteiger partial charge in [-0.1, -0.05) is 52.9 Å². The molecule has 4 aromatic rings. The van der Waals surface area contributed by atoms with Gasteiger partial charge in [-0.05, 0) is 48.9 Å². The van der Waals surface area contributed by atoms with E-state index in [9.17, 15) is 34.4 Å². The average Bonchev–Trinajstić information content (AvgIpc) is 3.41. The number of nitro groups is 1. The number of nitrogens with one attached hydrogen (secondary N) is 1. The summed E-state index contributed by atoms with van der Waals surface area (Å²) >= 11 is 1.98. The number of hydrogen-bond donors (Lipinski definition) is 2. The van der Waals surface area contributed by atoms with Gasteiger partial charge in [0.05, 0.1) is 21.6 Å². The number of carbonyl (C=O) groups excluding carboxylic acids is 3. The van der Waals surface area contributed by atoms with Crippen molar-refractivity contribution in [2.45, 2.75) is 29.7 Å². The highest BCUT2D eigenvalue weighted by atomic mass is 32.2. The maximum Gasteiger partial charge on any atom is 0.308 e. The Kier molecular flexibility index (Phi) is 6.91. The van der Waals surface area contributed by atoms with Gasteiger partial charge in [0.15, 0.2) is 0 Å². The number of rotatable bonds is 6. The van der Waals surface area contributed by atoms with E-state index in [1.54, 1.807) is 24.3 Å². The molecular weight excluding hydrogens is 580 g/mol. The number of non-ortho nitro benzene ring substituents is 1. The number of nitro benzene ring substituents is 1. The highest BCUT2D eigenvalue weighted by Crippen LogP contribution is 2.54. The number of imide groups is 1. The van der Waals surface area contributed by atoms with E-state index in [0.29, 0.717) is 21.2 Å². The van der Waals surface area contributed by atoms with Gasteiger partial charge in [0.25, 0.3) is 5.69 Å². The number of aromatic nitrogens is 1. The first kappa shape index (κ1) is 27.4. The van der Waals surface area contributed by atoms with E-state index in [1.807, 2.05) is 19.1 Å². The van der Waals surface area contributed by atoms with Crippen LogP contribution in [0.3, 0.4) is 0 Å². The number of benzene rings is 3. The lowest BCUT2D eigenvalue weighted by molar-refractivity contribution is -0.384. The maximum atomic E-state index is 13.9. The quantitative estimate of drug-likeness (QED) is 0.189. The van der Waals surface area contributed by atoms with Gasteiger partial charge in [0.1, 0.15) is 17.5 Å². The topological polar surface area (TPSA) is 152 Å². The van der Waals surface area contributed by atoms with Gasteiger partial charge >= 0.3 is 4.87 Å². The zero-order valence-corrected chi connectivity index (χ0v) is 23.6. The monoisotopic (exact) mass is 602 g/mol. The fraction of sp³-hybridized carbons (Fsp3) is 0.172. The summed E-state index contributed by atoms with van der Waals surface area (Å²) in [6, 6.07) is 18.6. The van der Waals surface area contributed by atoms with Gasteiger partial charge in [0, 0.05) is 28.6 Å². The minimum Gasteiger partial charge on any atom is -0.508 e. The fourth-order valence-electron chi connectivity index (χ4n) is 5.26. The number of aryl methyl sites for hydroxylation is 1. The normalized spacial score (nSPS) is 19.4. The molecule has 0 radical (unpaired) electrons. The maximum absolute atomic E-state index is 13.9. The lowest BCUT2D eigenvalue weighted by atomic mass is 9.83. The smallest absolute Gasteiger partial charge is 0.308 e. The van der Waals surface area contributed by atoms with Crippen LogP contribution >= 0.6 is 23.1 Å². The molecule has 1 fully saturated rings. The number of hydrogen-bond acceptors (Lipinski definition) is 9. The Balaban J connectivity index is 1.39. The number of thioether (sulfide) groups is 1. The molecule has 42 heavy (non-hydrogen) atoms. The summed E-state index contributed by atoms with van der Waals surface area (Å²) in [7, 11) is 0. The predicted octanol–water partition coefficient (Wildman–Crippen LogP) is 4.27. The van der Waals surface area contributed by atoms with Gasteiger partial charge in [0.2, 0.25) is 17.7 Å². The minimum atomic E-state index is -0.917. The average molecular weight is 603 g/mol. The molecule has 3 amide bonds. The molecule has 3 aromatic carbocycles. The molecule has 0 spiro atoms. The first-order valence-electron chi connectivity index (χ1n) is 12.8. The molecular formula is C29H22N4O7S2. The highest BCUT2D eigenvalue weighted by Gasteiger charge is 2.56. The minimum absolute atomic E-state index is 0.0144. The summed E-state index contributed by atoms with van der Waals surface area (Å²) in [4.78, 5) is 65.6. The SMILES string of the molecule is Cc1ccc(NC(=O)Cn2c3c(sc2=O)[C@@H](c2ccc(O)cc2)[C@H]2C(=O)N(c4ccc([N+](=O)[O-])cc4)C(=O)[C@H]2S3)cc1. The van der Waals surface area contributed by atoms with Gasteiger partial charge in [-0.25, -0.2) is 4.90 Å². The second-order valence-corrected chi connectivity index (χ2v) is 12.1. The Bertz CT molecular complexity index is 1800. The number of thiazole rings is 1. The van der Waals surface area contributed by atoms with Crippen molar-refractivity contribution in [1.82, 2.24) is 4.57 Å². The summed E-state index contributed by atoms with van der Waals surface area (Å²) < 4.78 is 1.32. The van der Waals surface area contributed by atoms with E-state index in [0.717, 1.165) is 33.6 Å². The van der Waals surface area contributed by atoms with Crippen LogP contribution in [0.25, 0.3) is 0 Å². The van der Waals surface area contributed by atoms with Gasteiger partial charge in [-0.15, -0.1) is 0 Å². The van der Waals surface area contributed by atoms with Crippen molar-refractivity contribution in [3.8, 4) is 5.75 Å². The number of amides is 3. The van der Waals surface area contributed by atoms with Crippen molar-refractivity contribution in [3.63, 3.8) is 0 Å². The standard InChI is InChI=1S/C29H22N4O7S2/c1-15-2-6-17(7-3-15)30-21(35)14-31-28-25(42-29(31)38)22(16-4-12-20(34)13-5-16)23-24(41-28)27(37)32(26(23)36)18-8-10-19(11-9-18)33(39)40/h2-13,22-24,34H,14H2,1H3,(H,30,35)/t22-,23+,24-/m0/s1. The van der Waals surface area contributed by atoms with Gasteiger partial charge in [-0.2, -0.15) is 0 Å². The van der Waals surface area contributed by atoms with Gasteiger partial charge in [-0.3, -0.25) is 33.9 Å². The van der Waals surface area contributed by atoms with Crippen LogP contribution in [0.15, 0.2) is 82.6 Å². The second-order valence-electron chi connectivity index (χ2n) is 9.96. The summed E-state index contributed by atoms with van der Waals surface area (Å²) in [6.45, 7) is 1.63. The van der Waals surface area contributed by atoms with Crippen LogP contribution in [0, 0.1) is 23.0 Å². The third-order valence-electron chi connectivity index (χ3n) is 7.26. The van der Waals surface area contributed by atoms with Crippen LogP contribution in [0.1, 0.15) is 21.9 Å². The van der Waals surface area contributed by atoms with Crippen LogP contribution in [0.4, 0.5) is 17.1 Å². The van der Waals surface area contributed by atoms with Crippen molar-refractivity contribution in [2.24, 2.45) is 5.92 Å². The summed E-state index contributed by atoms with van der Waals surface area (Å²) in [5.41, 5.74) is 2.25. The van der Waals surface area contributed by atoms with E-state index in [1.165, 1.54) is 41.0 Å². The molecule has 1 aromatic heterocycles. The van der Waals surface area contributed by atoms with Crippen molar-refractivity contribution in [2.75, 3.05) is 10.2 Å². The highest BCUT2D eigenvalue weighted by molar-refractivity contribution is 8.00. The first-order valence-corrected chi connectivity index (χ1v) is 14.5. The molecule has 2 N–H and O–H groups in total. The molecule has 2 aliphatic heterocycles. The van der Waals surface area contributed by atoms with E-state index >= 15 is 0 Å². The van der Waals surface area contributed by atoms with Crippen molar-refractivity contribution in [1.29, 1.82) is 0 Å². The Morgan fingerprint density at radius 1 is 0.976 bits per heavy atom. The fourth-order valence-corrected chi connectivity index (χ4v) is 8.03. The van der Waals surface area contributed by atoms with Gasteiger partial charge < -0.3 is 10.4 Å². The molecule has 3 heterocycles. The van der Waals surface area contributed by atoms with E-state index in [2.05, 4.69) is 5.32 Å². The van der Waals surface area contributed by atoms with Crippen molar-refractivity contribution in [3.05, 3.63) is 109 Å². The number of nitrogens with zero attached hydrogens (tertiary/aromatic N) is 3. The summed E-state index contributed by atoms with van der Waals surface area (Å²) in [6.07, 6.45) is 0. The number of phenolic OH excluding ortho intramolecular Hbond substituents is 1. The lowest BCUT2D eigenvalue weighted by Crippen LogP contribution is -2.33. The van der Waals surface area contributed by atoms with Crippen LogP contribution in [0.2, 0.25) is 0 Å². The van der Waals surface area contributed by atoms with Crippen LogP contribution in [-0.2, 0) is 20.9 Å². The van der Waals surface area contributed by atoms with Crippen molar-refractivity contribution >= 4 is 57.9 Å². The summed E-state index contributed by atoms with van der Waals surface area (Å²) in [5, 5.41) is 23.3. The van der Waals surface area contributed by atoms with E-state index in [4.69, 9.17) is 0 Å². The zero-order chi connectivity index (χ0) is 29.7. The van der Waals surface area contributed by atoms with Crippen LogP contribution < -0.4 is 15.1 Å². The number of fused-ring (bicyclic) bond motifs is 2. The molecule has 0 aliphatic carbocycles. The molecule has 2 aliphatic rings. The Hall–Kier alpha value is -4.75. The number of anilines is 2. The largest absolute Gasteiger partial charge is 0.508 e. The molecule has 6 rings (SSSR count). The number of carbonyl (C=O) groups is 3. The molecule has 11 nitrogen and oxygen atoms in total. The van der Waals surface area contributed by atoms with Crippen LogP contribution in [-0.4, -0.2) is 37.6 Å². The van der Waals surface area contributed by atoms with Crippen molar-refractivity contribution < 1.29 is 24.4 Å².